The number of carbonyl (C=O) groups is 1. The highest BCUT2D eigenvalue weighted by Gasteiger charge is 2.12. The van der Waals surface area contributed by atoms with Crippen LogP contribution in [-0.2, 0) is 16.1 Å². The summed E-state index contributed by atoms with van der Waals surface area (Å²) in [6.45, 7) is 1.56. The van der Waals surface area contributed by atoms with Crippen LogP contribution in [0.15, 0.2) is 12.1 Å². The fourth-order valence-electron chi connectivity index (χ4n) is 1.79. The Morgan fingerprint density at radius 1 is 1.14 bits per heavy atom. The molecule has 7 nitrogen and oxygen atoms in total. The van der Waals surface area contributed by atoms with Gasteiger partial charge in [0.15, 0.2) is 11.5 Å². The van der Waals surface area contributed by atoms with E-state index in [9.17, 15) is 4.79 Å². The molecule has 118 valence electrons. The van der Waals surface area contributed by atoms with Crippen LogP contribution < -0.4 is 25.3 Å². The Hall–Kier alpha value is -1.99. The Morgan fingerprint density at radius 2 is 1.76 bits per heavy atom. The van der Waals surface area contributed by atoms with E-state index in [1.165, 1.54) is 0 Å². The third-order valence-electron chi connectivity index (χ3n) is 2.72. The molecule has 1 aromatic carbocycles. The van der Waals surface area contributed by atoms with Crippen molar-refractivity contribution in [3.63, 3.8) is 0 Å². The van der Waals surface area contributed by atoms with E-state index >= 15 is 0 Å². The van der Waals surface area contributed by atoms with Gasteiger partial charge in [0, 0.05) is 13.1 Å². The van der Waals surface area contributed by atoms with Gasteiger partial charge in [-0.2, -0.15) is 0 Å². The van der Waals surface area contributed by atoms with E-state index in [0.717, 1.165) is 5.56 Å². The standard InChI is InChI=1S/C14H22N2O5/c1-18-11-6-10(7-12(19-2)14(11)20-3)8-16-4-5-21-9-13(15)17/h6-7,16H,4-5,8-9H2,1-3H3,(H2,15,17). The molecule has 0 radical (unpaired) electrons. The Balaban J connectivity index is 2.53. The molecule has 21 heavy (non-hydrogen) atoms. The molecule has 0 saturated heterocycles. The monoisotopic (exact) mass is 298 g/mol. The van der Waals surface area contributed by atoms with E-state index in [2.05, 4.69) is 5.32 Å². The molecule has 0 saturated carbocycles. The smallest absolute Gasteiger partial charge is 0.243 e. The van der Waals surface area contributed by atoms with Crippen molar-refractivity contribution in [1.29, 1.82) is 0 Å². The molecule has 0 spiro atoms. The molecule has 1 aromatic rings. The fraction of sp³-hybridized carbons (Fsp3) is 0.500. The second kappa shape index (κ2) is 9.04. The van der Waals surface area contributed by atoms with Crippen molar-refractivity contribution in [2.75, 3.05) is 41.1 Å². The molecule has 7 heteroatoms. The van der Waals surface area contributed by atoms with E-state index in [4.69, 9.17) is 24.7 Å². The van der Waals surface area contributed by atoms with Crippen LogP contribution in [0, 0.1) is 0 Å². The van der Waals surface area contributed by atoms with Crippen molar-refractivity contribution >= 4 is 5.91 Å². The predicted molar refractivity (Wildman–Crippen MR) is 77.8 cm³/mol. The van der Waals surface area contributed by atoms with Crippen LogP contribution in [0.4, 0.5) is 0 Å². The number of nitrogens with one attached hydrogen (secondary N) is 1. The zero-order valence-corrected chi connectivity index (χ0v) is 12.6. The van der Waals surface area contributed by atoms with Gasteiger partial charge >= 0.3 is 0 Å². The van der Waals surface area contributed by atoms with E-state index in [1.54, 1.807) is 21.3 Å². The van der Waals surface area contributed by atoms with Gasteiger partial charge in [-0.3, -0.25) is 4.79 Å². The molecular weight excluding hydrogens is 276 g/mol. The van der Waals surface area contributed by atoms with Crippen LogP contribution in [0.25, 0.3) is 0 Å². The minimum absolute atomic E-state index is 0.0636. The number of benzene rings is 1. The Bertz CT molecular complexity index is 440. The van der Waals surface area contributed by atoms with Crippen LogP contribution in [0.5, 0.6) is 17.2 Å². The zero-order valence-electron chi connectivity index (χ0n) is 12.6. The normalized spacial score (nSPS) is 10.2. The Kier molecular flexibility index (Phi) is 7.34. The van der Waals surface area contributed by atoms with Gasteiger partial charge in [0.25, 0.3) is 0 Å². The molecule has 1 amide bonds. The molecular formula is C14H22N2O5. The first-order chi connectivity index (χ1) is 10.1. The van der Waals surface area contributed by atoms with Crippen molar-refractivity contribution in [2.45, 2.75) is 6.54 Å². The SMILES string of the molecule is COc1cc(CNCCOCC(N)=O)cc(OC)c1OC. The summed E-state index contributed by atoms with van der Waals surface area (Å²) >= 11 is 0. The first kappa shape index (κ1) is 17.1. The van der Waals surface area contributed by atoms with Gasteiger partial charge in [-0.1, -0.05) is 0 Å². The molecule has 3 N–H and O–H groups in total. The summed E-state index contributed by atoms with van der Waals surface area (Å²) in [4.78, 5) is 10.5. The highest BCUT2D eigenvalue weighted by molar-refractivity contribution is 5.74. The summed E-state index contributed by atoms with van der Waals surface area (Å²) < 4.78 is 20.9. The van der Waals surface area contributed by atoms with Gasteiger partial charge in [-0.25, -0.2) is 0 Å². The van der Waals surface area contributed by atoms with Crippen molar-refractivity contribution in [3.8, 4) is 17.2 Å². The second-order valence-electron chi connectivity index (χ2n) is 4.23. The third-order valence-corrected chi connectivity index (χ3v) is 2.72. The van der Waals surface area contributed by atoms with Gasteiger partial charge in [-0.05, 0) is 17.7 Å². The number of amides is 1. The number of primary amides is 1. The summed E-state index contributed by atoms with van der Waals surface area (Å²) in [6, 6.07) is 3.75. The maximum absolute atomic E-state index is 10.5. The van der Waals surface area contributed by atoms with Gasteiger partial charge < -0.3 is 30.0 Å². The van der Waals surface area contributed by atoms with Crippen molar-refractivity contribution in [2.24, 2.45) is 5.73 Å². The number of hydrogen-bond donors (Lipinski definition) is 2. The summed E-state index contributed by atoms with van der Waals surface area (Å²) in [5, 5.41) is 3.19. The van der Waals surface area contributed by atoms with Crippen molar-refractivity contribution < 1.29 is 23.7 Å². The first-order valence-electron chi connectivity index (χ1n) is 6.48. The molecule has 0 aliphatic rings. The average molecular weight is 298 g/mol. The summed E-state index contributed by atoms with van der Waals surface area (Å²) in [7, 11) is 4.71. The molecule has 0 fully saturated rings. The van der Waals surface area contributed by atoms with E-state index < -0.39 is 5.91 Å². The van der Waals surface area contributed by atoms with Crippen LogP contribution in [0.3, 0.4) is 0 Å². The molecule has 0 heterocycles. The van der Waals surface area contributed by atoms with Crippen LogP contribution in [0.2, 0.25) is 0 Å². The fourth-order valence-corrected chi connectivity index (χ4v) is 1.79. The van der Waals surface area contributed by atoms with Gasteiger partial charge in [0.1, 0.15) is 6.61 Å². The maximum Gasteiger partial charge on any atom is 0.243 e. The predicted octanol–water partition coefficient (Wildman–Crippen LogP) is 0.304. The third kappa shape index (κ3) is 5.49. The molecule has 0 aliphatic heterocycles. The molecule has 1 rings (SSSR count). The number of rotatable bonds is 10. The largest absolute Gasteiger partial charge is 0.493 e. The lowest BCUT2D eigenvalue weighted by molar-refractivity contribution is -0.122. The van der Waals surface area contributed by atoms with Gasteiger partial charge in [0.05, 0.1) is 27.9 Å². The Labute approximate surface area is 124 Å². The summed E-state index contributed by atoms with van der Waals surface area (Å²) in [5.41, 5.74) is 5.95. The topological polar surface area (TPSA) is 92.0 Å². The minimum Gasteiger partial charge on any atom is -0.493 e. The van der Waals surface area contributed by atoms with E-state index in [-0.39, 0.29) is 6.61 Å². The van der Waals surface area contributed by atoms with Crippen molar-refractivity contribution in [3.05, 3.63) is 17.7 Å². The summed E-state index contributed by atoms with van der Waals surface area (Å²) in [6.07, 6.45) is 0. The quantitative estimate of drug-likeness (QED) is 0.604. The molecule has 0 aliphatic carbocycles. The molecule has 0 unspecified atom stereocenters. The van der Waals surface area contributed by atoms with Crippen LogP contribution in [0.1, 0.15) is 5.56 Å². The highest BCUT2D eigenvalue weighted by Crippen LogP contribution is 2.38. The summed E-state index contributed by atoms with van der Waals surface area (Å²) in [5.74, 6) is 1.31. The number of hydrogen-bond acceptors (Lipinski definition) is 6. The van der Waals surface area contributed by atoms with E-state index in [1.807, 2.05) is 12.1 Å². The van der Waals surface area contributed by atoms with Crippen molar-refractivity contribution in [1.82, 2.24) is 5.32 Å². The highest BCUT2D eigenvalue weighted by atomic mass is 16.5. The minimum atomic E-state index is -0.473. The number of carbonyl (C=O) groups excluding carboxylic acids is 1. The molecule has 0 atom stereocenters. The van der Waals surface area contributed by atoms with E-state index in [0.29, 0.717) is 36.9 Å². The number of ether oxygens (including phenoxy) is 4. The second-order valence-corrected chi connectivity index (χ2v) is 4.23. The van der Waals surface area contributed by atoms with Crippen LogP contribution >= 0.6 is 0 Å². The van der Waals surface area contributed by atoms with Crippen LogP contribution in [-0.4, -0.2) is 47.0 Å². The lowest BCUT2D eigenvalue weighted by Gasteiger charge is -2.14. The molecule has 0 aromatic heterocycles. The zero-order chi connectivity index (χ0) is 15.7. The number of methoxy groups -OCH3 is 3. The average Bonchev–Trinajstić information content (AvgIpc) is 2.49. The maximum atomic E-state index is 10.5. The first-order valence-corrected chi connectivity index (χ1v) is 6.48. The van der Waals surface area contributed by atoms with Gasteiger partial charge in [-0.15, -0.1) is 0 Å². The molecule has 0 bridgehead atoms. The number of nitrogens with two attached hydrogens (primary N) is 1. The Morgan fingerprint density at radius 3 is 2.24 bits per heavy atom. The van der Waals surface area contributed by atoms with Gasteiger partial charge in [0.2, 0.25) is 11.7 Å². The lowest BCUT2D eigenvalue weighted by Crippen LogP contribution is -2.23. The lowest BCUT2D eigenvalue weighted by atomic mass is 10.2.